The monoisotopic (exact) mass is 465 g/mol. The largest absolute Gasteiger partial charge is 0.349 e. The highest BCUT2D eigenvalue weighted by molar-refractivity contribution is 7.89. The van der Waals surface area contributed by atoms with Crippen molar-refractivity contribution in [3.8, 4) is 0 Å². The van der Waals surface area contributed by atoms with Gasteiger partial charge in [-0.25, -0.2) is 17.2 Å². The molecule has 3 rings (SSSR count). The quantitative estimate of drug-likeness (QED) is 0.685. The Labute approximate surface area is 185 Å². The van der Waals surface area contributed by atoms with E-state index in [0.717, 1.165) is 22.0 Å². The van der Waals surface area contributed by atoms with Crippen LogP contribution in [0, 0.1) is 17.6 Å². The Hall–Kier alpha value is -2.85. The van der Waals surface area contributed by atoms with Gasteiger partial charge in [0.05, 0.1) is 6.04 Å². The first-order valence-corrected chi connectivity index (χ1v) is 11.6. The molecule has 0 aromatic heterocycles. The minimum atomic E-state index is -4.19. The fourth-order valence-corrected chi connectivity index (χ4v) is 5.22. The Morgan fingerprint density at radius 1 is 1.09 bits per heavy atom. The first kappa shape index (κ1) is 23.8. The number of benzene rings is 2. The number of anilines is 1. The van der Waals surface area contributed by atoms with Crippen LogP contribution in [0.15, 0.2) is 47.4 Å². The molecule has 32 heavy (non-hydrogen) atoms. The van der Waals surface area contributed by atoms with E-state index in [2.05, 4.69) is 10.6 Å². The van der Waals surface area contributed by atoms with Gasteiger partial charge in [0.15, 0.2) is 0 Å². The number of rotatable bonds is 6. The van der Waals surface area contributed by atoms with E-state index in [4.69, 9.17) is 0 Å². The van der Waals surface area contributed by atoms with Gasteiger partial charge in [-0.05, 0) is 55.7 Å². The topological polar surface area (TPSA) is 95.6 Å². The standard InChI is InChI=1S/C22H25F2N3O4S/c1-14(17-4-3-5-19(12-17)26-15(2)28)25-22(29)16-8-10-27(11-9-16)32(30,31)21-13-18(23)6-7-20(21)24/h3-7,12-14,16H,8-11H2,1-2H3,(H,25,29)(H,26,28). The van der Waals surface area contributed by atoms with Crippen LogP contribution in [0.2, 0.25) is 0 Å². The van der Waals surface area contributed by atoms with Crippen LogP contribution in [0.5, 0.6) is 0 Å². The lowest BCUT2D eigenvalue weighted by Gasteiger charge is -2.31. The number of carbonyl (C=O) groups excluding carboxylic acids is 2. The van der Waals surface area contributed by atoms with Gasteiger partial charge in [-0.15, -0.1) is 0 Å². The van der Waals surface area contributed by atoms with Crippen molar-refractivity contribution in [3.05, 3.63) is 59.7 Å². The van der Waals surface area contributed by atoms with E-state index in [-0.39, 0.29) is 43.8 Å². The van der Waals surface area contributed by atoms with Crippen LogP contribution in [0.4, 0.5) is 14.5 Å². The van der Waals surface area contributed by atoms with Gasteiger partial charge in [-0.3, -0.25) is 9.59 Å². The second-order valence-electron chi connectivity index (χ2n) is 7.79. The average molecular weight is 466 g/mol. The lowest BCUT2D eigenvalue weighted by Crippen LogP contribution is -2.43. The van der Waals surface area contributed by atoms with Crippen LogP contribution < -0.4 is 10.6 Å². The van der Waals surface area contributed by atoms with Crippen molar-refractivity contribution >= 4 is 27.5 Å². The lowest BCUT2D eigenvalue weighted by molar-refractivity contribution is -0.126. The van der Waals surface area contributed by atoms with Gasteiger partial charge in [0.1, 0.15) is 16.5 Å². The minimum Gasteiger partial charge on any atom is -0.349 e. The summed E-state index contributed by atoms with van der Waals surface area (Å²) in [6.45, 7) is 3.29. The molecule has 7 nitrogen and oxygen atoms in total. The molecule has 0 saturated carbocycles. The number of amides is 2. The molecular formula is C22H25F2N3O4S. The van der Waals surface area contributed by atoms with Crippen LogP contribution in [0.3, 0.4) is 0 Å². The van der Waals surface area contributed by atoms with Crippen molar-refractivity contribution in [1.29, 1.82) is 0 Å². The zero-order valence-electron chi connectivity index (χ0n) is 17.8. The molecule has 1 atom stereocenters. The minimum absolute atomic E-state index is 0.0305. The average Bonchev–Trinajstić information content (AvgIpc) is 2.75. The molecule has 2 aromatic carbocycles. The molecule has 0 radical (unpaired) electrons. The first-order valence-electron chi connectivity index (χ1n) is 10.2. The maximum absolute atomic E-state index is 14.0. The number of nitrogens with one attached hydrogen (secondary N) is 2. The van der Waals surface area contributed by atoms with Crippen molar-refractivity contribution in [1.82, 2.24) is 9.62 Å². The predicted octanol–water partition coefficient (Wildman–Crippen LogP) is 3.20. The van der Waals surface area contributed by atoms with Gasteiger partial charge >= 0.3 is 0 Å². The summed E-state index contributed by atoms with van der Waals surface area (Å²) >= 11 is 0. The number of hydrogen-bond acceptors (Lipinski definition) is 4. The van der Waals surface area contributed by atoms with Crippen molar-refractivity contribution in [2.24, 2.45) is 5.92 Å². The predicted molar refractivity (Wildman–Crippen MR) is 115 cm³/mol. The second-order valence-corrected chi connectivity index (χ2v) is 9.70. The molecule has 1 aliphatic rings. The fraction of sp³-hybridized carbons (Fsp3) is 0.364. The van der Waals surface area contributed by atoms with Crippen LogP contribution in [0.1, 0.15) is 38.3 Å². The van der Waals surface area contributed by atoms with E-state index in [1.165, 1.54) is 6.92 Å². The molecular weight excluding hydrogens is 440 g/mol. The summed E-state index contributed by atoms with van der Waals surface area (Å²) in [4.78, 5) is 23.2. The van der Waals surface area contributed by atoms with Crippen molar-refractivity contribution in [2.75, 3.05) is 18.4 Å². The third-order valence-corrected chi connectivity index (χ3v) is 7.32. The zero-order chi connectivity index (χ0) is 23.5. The summed E-state index contributed by atoms with van der Waals surface area (Å²) in [7, 11) is -4.19. The van der Waals surface area contributed by atoms with Crippen molar-refractivity contribution < 1.29 is 26.8 Å². The molecule has 10 heteroatoms. The smallest absolute Gasteiger partial charge is 0.246 e. The molecule has 2 N–H and O–H groups in total. The number of nitrogens with zero attached hydrogens (tertiary/aromatic N) is 1. The summed E-state index contributed by atoms with van der Waals surface area (Å²) in [5.74, 6) is -2.66. The van der Waals surface area contributed by atoms with Gasteiger partial charge < -0.3 is 10.6 Å². The molecule has 0 spiro atoms. The Morgan fingerprint density at radius 3 is 2.44 bits per heavy atom. The highest BCUT2D eigenvalue weighted by Crippen LogP contribution is 2.27. The molecule has 172 valence electrons. The van der Waals surface area contributed by atoms with E-state index in [1.54, 1.807) is 18.2 Å². The van der Waals surface area contributed by atoms with Gasteiger partial charge in [-0.1, -0.05) is 12.1 Å². The molecule has 0 bridgehead atoms. The SMILES string of the molecule is CC(=O)Nc1cccc(C(C)NC(=O)C2CCN(S(=O)(=O)c3cc(F)ccc3F)CC2)c1. The van der Waals surface area contributed by atoms with E-state index in [9.17, 15) is 26.8 Å². The third kappa shape index (κ3) is 5.49. The Kier molecular flexibility index (Phi) is 7.25. The molecule has 0 aliphatic carbocycles. The van der Waals surface area contributed by atoms with Gasteiger partial charge in [0.25, 0.3) is 0 Å². The van der Waals surface area contributed by atoms with Gasteiger partial charge in [0, 0.05) is 31.6 Å². The highest BCUT2D eigenvalue weighted by Gasteiger charge is 2.34. The van der Waals surface area contributed by atoms with E-state index >= 15 is 0 Å². The summed E-state index contributed by atoms with van der Waals surface area (Å²) in [6.07, 6.45) is 0.529. The lowest BCUT2D eigenvalue weighted by atomic mass is 9.96. The summed E-state index contributed by atoms with van der Waals surface area (Å²) in [5.41, 5.74) is 1.44. The fourth-order valence-electron chi connectivity index (χ4n) is 3.68. The summed E-state index contributed by atoms with van der Waals surface area (Å²) in [5, 5.41) is 5.61. The normalized spacial score (nSPS) is 16.4. The highest BCUT2D eigenvalue weighted by atomic mass is 32.2. The Bertz CT molecular complexity index is 1120. The van der Waals surface area contributed by atoms with E-state index < -0.39 is 32.5 Å². The molecule has 1 heterocycles. The van der Waals surface area contributed by atoms with Gasteiger partial charge in [-0.2, -0.15) is 4.31 Å². The maximum Gasteiger partial charge on any atom is 0.246 e. The van der Waals surface area contributed by atoms with Crippen LogP contribution in [-0.2, 0) is 19.6 Å². The molecule has 1 aliphatic heterocycles. The summed E-state index contributed by atoms with van der Waals surface area (Å²) < 4.78 is 53.9. The van der Waals surface area contributed by atoms with E-state index in [1.807, 2.05) is 13.0 Å². The van der Waals surface area contributed by atoms with E-state index in [0.29, 0.717) is 11.8 Å². The molecule has 1 fully saturated rings. The van der Waals surface area contributed by atoms with Crippen LogP contribution in [-0.4, -0.2) is 37.6 Å². The van der Waals surface area contributed by atoms with Crippen molar-refractivity contribution in [3.63, 3.8) is 0 Å². The van der Waals surface area contributed by atoms with Crippen LogP contribution >= 0.6 is 0 Å². The second kappa shape index (κ2) is 9.74. The number of hydrogen-bond donors (Lipinski definition) is 2. The molecule has 1 saturated heterocycles. The molecule has 2 amide bonds. The Morgan fingerprint density at radius 2 is 1.78 bits per heavy atom. The van der Waals surface area contributed by atoms with Crippen molar-refractivity contribution in [2.45, 2.75) is 37.6 Å². The van der Waals surface area contributed by atoms with Crippen LogP contribution in [0.25, 0.3) is 0 Å². The summed E-state index contributed by atoms with van der Waals surface area (Å²) in [6, 6.07) is 9.12. The number of halogens is 2. The molecule has 2 aromatic rings. The third-order valence-electron chi connectivity index (χ3n) is 5.40. The number of piperidine rings is 1. The van der Waals surface area contributed by atoms with Gasteiger partial charge in [0.2, 0.25) is 21.8 Å². The zero-order valence-corrected chi connectivity index (χ0v) is 18.6. The first-order chi connectivity index (χ1) is 15.1. The molecule has 1 unspecified atom stereocenters. The Balaban J connectivity index is 1.61. The maximum atomic E-state index is 14.0. The number of carbonyl (C=O) groups is 2. The number of sulfonamides is 1.